The van der Waals surface area contributed by atoms with Crippen LogP contribution in [-0.2, 0) is 0 Å². The second-order valence-corrected chi connectivity index (χ2v) is 4.78. The monoisotopic (exact) mass is 301 g/mol. The summed E-state index contributed by atoms with van der Waals surface area (Å²) in [5.74, 6) is 0.220. The number of primary amides is 1. The van der Waals surface area contributed by atoms with Crippen LogP contribution in [-0.4, -0.2) is 18.0 Å². The lowest BCUT2D eigenvalue weighted by molar-refractivity contribution is 0.100. The molecule has 0 heterocycles. The molecule has 0 radical (unpaired) electrons. The van der Waals surface area contributed by atoms with Gasteiger partial charge in [0.15, 0.2) is 0 Å². The molecule has 0 spiro atoms. The maximum atomic E-state index is 11.0. The molecule has 0 aliphatic heterocycles. The molecule has 21 heavy (non-hydrogen) atoms. The maximum absolute atomic E-state index is 11.0. The third kappa shape index (κ3) is 3.49. The van der Waals surface area contributed by atoms with E-state index in [0.717, 1.165) is 11.4 Å². The van der Waals surface area contributed by atoms with E-state index in [-0.39, 0.29) is 4.99 Å². The molecular formula is C15H15N3O2S. The Hall–Kier alpha value is -2.60. The van der Waals surface area contributed by atoms with Crippen molar-refractivity contribution in [3.8, 4) is 5.75 Å². The highest BCUT2D eigenvalue weighted by molar-refractivity contribution is 7.80. The highest BCUT2D eigenvalue weighted by Gasteiger charge is 2.08. The maximum Gasteiger partial charge on any atom is 0.248 e. The van der Waals surface area contributed by atoms with Crippen molar-refractivity contribution in [3.63, 3.8) is 0 Å². The molecule has 0 unspecified atom stereocenters. The van der Waals surface area contributed by atoms with Crippen LogP contribution < -0.4 is 21.5 Å². The Balaban J connectivity index is 2.33. The minimum absolute atomic E-state index is 0.286. The number of nitrogens with two attached hydrogens (primary N) is 2. The molecule has 0 aromatic heterocycles. The van der Waals surface area contributed by atoms with Gasteiger partial charge in [-0.3, -0.25) is 4.79 Å². The van der Waals surface area contributed by atoms with Gasteiger partial charge in [-0.15, -0.1) is 0 Å². The standard InChI is InChI=1S/C15H15N3O2S/c1-20-11-6-7-12(15(17)21)13(8-11)18-10-4-2-9(3-5-10)14(16)19/h2-8,18H,1H3,(H2,16,19)(H2,17,21). The Kier molecular flexibility index (Phi) is 4.39. The lowest BCUT2D eigenvalue weighted by atomic mass is 10.1. The lowest BCUT2D eigenvalue weighted by Gasteiger charge is -2.13. The SMILES string of the molecule is COc1ccc(C(N)=S)c(Nc2ccc(C(N)=O)cc2)c1. The fraction of sp³-hybridized carbons (Fsp3) is 0.0667. The quantitative estimate of drug-likeness (QED) is 0.736. The molecule has 0 saturated carbocycles. The molecule has 0 aliphatic rings. The predicted molar refractivity (Wildman–Crippen MR) is 87.1 cm³/mol. The lowest BCUT2D eigenvalue weighted by Crippen LogP contribution is -2.12. The molecule has 6 heteroatoms. The highest BCUT2D eigenvalue weighted by atomic mass is 32.1. The minimum atomic E-state index is -0.466. The van der Waals surface area contributed by atoms with Crippen molar-refractivity contribution in [3.05, 3.63) is 53.6 Å². The summed E-state index contributed by atoms with van der Waals surface area (Å²) in [5.41, 5.74) is 13.6. The summed E-state index contributed by atoms with van der Waals surface area (Å²) in [6.45, 7) is 0. The molecule has 108 valence electrons. The predicted octanol–water partition coefficient (Wildman–Crippen LogP) is 2.17. The number of hydrogen-bond donors (Lipinski definition) is 3. The van der Waals surface area contributed by atoms with Crippen LogP contribution in [0, 0.1) is 0 Å². The Morgan fingerprint density at radius 3 is 2.33 bits per heavy atom. The van der Waals surface area contributed by atoms with Crippen molar-refractivity contribution in [1.29, 1.82) is 0 Å². The van der Waals surface area contributed by atoms with E-state index in [2.05, 4.69) is 5.32 Å². The van der Waals surface area contributed by atoms with Crippen molar-refractivity contribution in [2.75, 3.05) is 12.4 Å². The third-order valence-corrected chi connectivity index (χ3v) is 3.16. The number of methoxy groups -OCH3 is 1. The number of thiocarbonyl (C=S) groups is 1. The van der Waals surface area contributed by atoms with Gasteiger partial charge in [-0.25, -0.2) is 0 Å². The minimum Gasteiger partial charge on any atom is -0.497 e. The summed E-state index contributed by atoms with van der Waals surface area (Å²) in [7, 11) is 1.58. The van der Waals surface area contributed by atoms with Crippen molar-refractivity contribution in [1.82, 2.24) is 0 Å². The summed E-state index contributed by atoms with van der Waals surface area (Å²) in [6, 6.07) is 12.2. The van der Waals surface area contributed by atoms with Gasteiger partial charge in [-0.2, -0.15) is 0 Å². The Labute approximate surface area is 127 Å². The Bertz CT molecular complexity index is 684. The molecular weight excluding hydrogens is 286 g/mol. The van der Waals surface area contributed by atoms with E-state index in [9.17, 15) is 4.79 Å². The average Bonchev–Trinajstić information content (AvgIpc) is 2.47. The van der Waals surface area contributed by atoms with Gasteiger partial charge in [0.2, 0.25) is 5.91 Å². The van der Waals surface area contributed by atoms with Crippen molar-refractivity contribution < 1.29 is 9.53 Å². The second kappa shape index (κ2) is 6.23. The van der Waals surface area contributed by atoms with Gasteiger partial charge in [0.05, 0.1) is 12.8 Å². The van der Waals surface area contributed by atoms with E-state index in [0.29, 0.717) is 16.9 Å². The fourth-order valence-electron chi connectivity index (χ4n) is 1.84. The van der Waals surface area contributed by atoms with Crippen LogP contribution in [0.1, 0.15) is 15.9 Å². The van der Waals surface area contributed by atoms with Gasteiger partial charge in [-0.05, 0) is 36.4 Å². The largest absolute Gasteiger partial charge is 0.497 e. The average molecular weight is 301 g/mol. The molecule has 0 saturated heterocycles. The zero-order valence-electron chi connectivity index (χ0n) is 11.4. The van der Waals surface area contributed by atoms with Crippen LogP contribution >= 0.6 is 12.2 Å². The molecule has 2 aromatic rings. The van der Waals surface area contributed by atoms with E-state index < -0.39 is 5.91 Å². The number of carbonyl (C=O) groups is 1. The zero-order valence-corrected chi connectivity index (χ0v) is 12.2. The molecule has 1 amide bonds. The van der Waals surface area contributed by atoms with Gasteiger partial charge in [0.1, 0.15) is 10.7 Å². The van der Waals surface area contributed by atoms with Crippen molar-refractivity contribution >= 4 is 34.5 Å². The number of hydrogen-bond acceptors (Lipinski definition) is 4. The van der Waals surface area contributed by atoms with Crippen LogP contribution in [0.25, 0.3) is 0 Å². The number of amides is 1. The van der Waals surface area contributed by atoms with Crippen molar-refractivity contribution in [2.24, 2.45) is 11.5 Å². The first-order chi connectivity index (χ1) is 10.0. The molecule has 5 nitrogen and oxygen atoms in total. The Morgan fingerprint density at radius 2 is 1.81 bits per heavy atom. The molecule has 0 bridgehead atoms. The topological polar surface area (TPSA) is 90.4 Å². The van der Waals surface area contributed by atoms with Crippen LogP contribution in [0.15, 0.2) is 42.5 Å². The summed E-state index contributed by atoms with van der Waals surface area (Å²) in [4.78, 5) is 11.3. The van der Waals surface area contributed by atoms with Crippen LogP contribution in [0.2, 0.25) is 0 Å². The number of benzene rings is 2. The molecule has 2 rings (SSSR count). The van der Waals surface area contributed by atoms with Crippen molar-refractivity contribution in [2.45, 2.75) is 0 Å². The van der Waals surface area contributed by atoms with Gasteiger partial charge in [0, 0.05) is 22.9 Å². The first-order valence-electron chi connectivity index (χ1n) is 6.16. The van der Waals surface area contributed by atoms with E-state index in [1.807, 2.05) is 0 Å². The third-order valence-electron chi connectivity index (χ3n) is 2.94. The van der Waals surface area contributed by atoms with E-state index >= 15 is 0 Å². The van der Waals surface area contributed by atoms with Gasteiger partial charge < -0.3 is 21.5 Å². The smallest absolute Gasteiger partial charge is 0.248 e. The van der Waals surface area contributed by atoms with Crippen LogP contribution in [0.3, 0.4) is 0 Å². The fourth-order valence-corrected chi connectivity index (χ4v) is 2.02. The summed E-state index contributed by atoms with van der Waals surface area (Å²) in [5, 5.41) is 3.20. The molecule has 0 atom stereocenters. The summed E-state index contributed by atoms with van der Waals surface area (Å²) >= 11 is 5.04. The van der Waals surface area contributed by atoms with Gasteiger partial charge in [-0.1, -0.05) is 12.2 Å². The second-order valence-electron chi connectivity index (χ2n) is 4.34. The van der Waals surface area contributed by atoms with Crippen LogP contribution in [0.5, 0.6) is 5.75 Å². The number of ether oxygens (including phenoxy) is 1. The first-order valence-corrected chi connectivity index (χ1v) is 6.57. The van der Waals surface area contributed by atoms with Gasteiger partial charge in [0.25, 0.3) is 0 Å². The van der Waals surface area contributed by atoms with Gasteiger partial charge >= 0.3 is 0 Å². The molecule has 5 N–H and O–H groups in total. The summed E-state index contributed by atoms with van der Waals surface area (Å²) in [6.07, 6.45) is 0. The summed E-state index contributed by atoms with van der Waals surface area (Å²) < 4.78 is 5.19. The van der Waals surface area contributed by atoms with Crippen LogP contribution in [0.4, 0.5) is 11.4 Å². The van der Waals surface area contributed by atoms with E-state index in [1.54, 1.807) is 49.6 Å². The normalized spacial score (nSPS) is 9.95. The number of anilines is 2. The van der Waals surface area contributed by atoms with E-state index in [4.69, 9.17) is 28.4 Å². The number of carbonyl (C=O) groups excluding carboxylic acids is 1. The molecule has 0 aliphatic carbocycles. The number of rotatable bonds is 5. The molecule has 2 aromatic carbocycles. The number of nitrogens with one attached hydrogen (secondary N) is 1. The Morgan fingerprint density at radius 1 is 1.14 bits per heavy atom. The van der Waals surface area contributed by atoms with E-state index in [1.165, 1.54) is 0 Å². The molecule has 0 fully saturated rings. The zero-order chi connectivity index (χ0) is 15.4. The highest BCUT2D eigenvalue weighted by Crippen LogP contribution is 2.26. The first kappa shape index (κ1) is 14.8.